The van der Waals surface area contributed by atoms with Gasteiger partial charge in [0, 0.05) is 19.0 Å². The van der Waals surface area contributed by atoms with Crippen LogP contribution in [-0.2, 0) is 4.79 Å². The van der Waals surface area contributed by atoms with E-state index in [9.17, 15) is 4.79 Å². The van der Waals surface area contributed by atoms with Crippen molar-refractivity contribution in [2.24, 2.45) is 11.7 Å². The molecule has 1 saturated carbocycles. The normalized spacial score (nSPS) is 25.2. The second kappa shape index (κ2) is 6.47. The van der Waals surface area contributed by atoms with Crippen LogP contribution in [0.4, 0.5) is 0 Å². The van der Waals surface area contributed by atoms with Crippen molar-refractivity contribution in [2.45, 2.75) is 45.1 Å². The molecule has 3 N–H and O–H groups in total. The monoisotopic (exact) mass is 208 g/mol. The van der Waals surface area contributed by atoms with Crippen LogP contribution < -0.4 is 11.1 Å². The number of amides is 1. The van der Waals surface area contributed by atoms with Gasteiger partial charge in [0.25, 0.3) is 0 Å². The van der Waals surface area contributed by atoms with Gasteiger partial charge in [-0.05, 0) is 19.8 Å². The lowest BCUT2D eigenvalue weighted by Crippen LogP contribution is -2.43. The predicted molar refractivity (Wildman–Crippen MR) is 61.0 cm³/mol. The van der Waals surface area contributed by atoms with E-state index in [0.717, 1.165) is 32.1 Å². The minimum absolute atomic E-state index is 0.0216. The molecule has 2 unspecified atom stereocenters. The third-order valence-corrected chi connectivity index (χ3v) is 2.88. The Labute approximate surface area is 91.8 Å². The Balaban J connectivity index is 2.27. The molecule has 0 radical (unpaired) electrons. The van der Waals surface area contributed by atoms with Gasteiger partial charge >= 0.3 is 0 Å². The molecule has 0 aromatic heterocycles. The van der Waals surface area contributed by atoms with Gasteiger partial charge in [0.05, 0.1) is 5.92 Å². The first-order valence-electron chi connectivity index (χ1n) is 5.68. The molecule has 0 aromatic carbocycles. The lowest BCUT2D eigenvalue weighted by atomic mass is 9.84. The Hall–Kier alpha value is -1.01. The van der Waals surface area contributed by atoms with Gasteiger partial charge in [-0.25, -0.2) is 0 Å². The van der Waals surface area contributed by atoms with Crippen molar-refractivity contribution in [2.75, 3.05) is 6.54 Å². The summed E-state index contributed by atoms with van der Waals surface area (Å²) in [7, 11) is 0. The lowest BCUT2D eigenvalue weighted by molar-refractivity contribution is -0.126. The average molecular weight is 208 g/mol. The van der Waals surface area contributed by atoms with Gasteiger partial charge in [0.15, 0.2) is 0 Å². The molecule has 3 heteroatoms. The Kier molecular flexibility index (Phi) is 5.20. The summed E-state index contributed by atoms with van der Waals surface area (Å²) >= 11 is 0. The Morgan fingerprint density at radius 3 is 2.87 bits per heavy atom. The van der Waals surface area contributed by atoms with Crippen molar-refractivity contribution in [1.29, 1.82) is 0 Å². The minimum atomic E-state index is 0.0216. The van der Waals surface area contributed by atoms with E-state index in [1.807, 2.05) is 0 Å². The number of carbonyl (C=O) groups excluding carboxylic acids is 1. The van der Waals surface area contributed by atoms with Gasteiger partial charge < -0.3 is 11.1 Å². The molecule has 1 aliphatic carbocycles. The molecule has 1 amide bonds. The van der Waals surface area contributed by atoms with Gasteiger partial charge in [-0.3, -0.25) is 4.79 Å². The molecule has 3 nitrogen and oxygen atoms in total. The zero-order valence-corrected chi connectivity index (χ0v) is 9.38. The fourth-order valence-electron chi connectivity index (χ4n) is 1.99. The number of rotatable bonds is 3. The van der Waals surface area contributed by atoms with Crippen LogP contribution in [0.2, 0.25) is 0 Å². The highest BCUT2D eigenvalue weighted by molar-refractivity contribution is 5.79. The molecule has 84 valence electrons. The van der Waals surface area contributed by atoms with Gasteiger partial charge in [-0.15, -0.1) is 11.8 Å². The van der Waals surface area contributed by atoms with Gasteiger partial charge in [0.2, 0.25) is 5.91 Å². The van der Waals surface area contributed by atoms with E-state index >= 15 is 0 Å². The zero-order chi connectivity index (χ0) is 11.1. The van der Waals surface area contributed by atoms with E-state index in [1.165, 1.54) is 0 Å². The number of nitrogens with two attached hydrogens (primary N) is 1. The van der Waals surface area contributed by atoms with Crippen molar-refractivity contribution in [3.63, 3.8) is 0 Å². The Morgan fingerprint density at radius 1 is 1.47 bits per heavy atom. The molecule has 1 aliphatic rings. The molecular weight excluding hydrogens is 188 g/mol. The maximum absolute atomic E-state index is 11.7. The standard InChI is InChI=1S/C12H20N2O/c1-2-3-6-9-14-12(15)10-7-4-5-8-11(10)13/h10-11H,4-9,13H2,1H3,(H,14,15). The van der Waals surface area contributed by atoms with Crippen LogP contribution >= 0.6 is 0 Å². The molecule has 2 atom stereocenters. The molecule has 0 spiro atoms. The van der Waals surface area contributed by atoms with Gasteiger partial charge in [-0.1, -0.05) is 12.8 Å². The van der Waals surface area contributed by atoms with Crippen LogP contribution in [0.25, 0.3) is 0 Å². The summed E-state index contributed by atoms with van der Waals surface area (Å²) in [6.45, 7) is 2.45. The van der Waals surface area contributed by atoms with Crippen LogP contribution in [-0.4, -0.2) is 18.5 Å². The smallest absolute Gasteiger partial charge is 0.224 e. The summed E-state index contributed by atoms with van der Waals surface area (Å²) in [6, 6.07) is 0.0519. The second-order valence-corrected chi connectivity index (χ2v) is 4.02. The predicted octanol–water partition coefficient (Wildman–Crippen LogP) is 1.03. The van der Waals surface area contributed by atoms with E-state index in [0.29, 0.717) is 6.54 Å². The summed E-state index contributed by atoms with van der Waals surface area (Å²) < 4.78 is 0. The first kappa shape index (κ1) is 12.1. The van der Waals surface area contributed by atoms with Crippen molar-refractivity contribution >= 4 is 5.91 Å². The van der Waals surface area contributed by atoms with Crippen molar-refractivity contribution in [3.05, 3.63) is 0 Å². The highest BCUT2D eigenvalue weighted by atomic mass is 16.1. The molecular formula is C12H20N2O. The molecule has 0 aromatic rings. The Bertz CT molecular complexity index is 265. The highest BCUT2D eigenvalue weighted by Gasteiger charge is 2.27. The van der Waals surface area contributed by atoms with Crippen molar-refractivity contribution in [3.8, 4) is 11.8 Å². The first-order chi connectivity index (χ1) is 7.25. The molecule has 15 heavy (non-hydrogen) atoms. The van der Waals surface area contributed by atoms with E-state index in [4.69, 9.17) is 5.73 Å². The summed E-state index contributed by atoms with van der Waals surface area (Å²) in [4.78, 5) is 11.7. The van der Waals surface area contributed by atoms with E-state index < -0.39 is 0 Å². The summed E-state index contributed by atoms with van der Waals surface area (Å²) in [5.74, 6) is 5.86. The molecule has 1 fully saturated rings. The fourth-order valence-corrected chi connectivity index (χ4v) is 1.99. The Morgan fingerprint density at radius 2 is 2.20 bits per heavy atom. The minimum Gasteiger partial charge on any atom is -0.355 e. The molecule has 0 bridgehead atoms. The molecule has 0 saturated heterocycles. The van der Waals surface area contributed by atoms with Gasteiger partial charge in [0.1, 0.15) is 0 Å². The van der Waals surface area contributed by atoms with Crippen LogP contribution in [0.1, 0.15) is 39.0 Å². The average Bonchev–Trinajstić information content (AvgIpc) is 2.25. The maximum atomic E-state index is 11.7. The van der Waals surface area contributed by atoms with Crippen molar-refractivity contribution in [1.82, 2.24) is 5.32 Å². The van der Waals surface area contributed by atoms with E-state index in [-0.39, 0.29) is 17.9 Å². The van der Waals surface area contributed by atoms with Gasteiger partial charge in [-0.2, -0.15) is 0 Å². The lowest BCUT2D eigenvalue weighted by Gasteiger charge is -2.27. The van der Waals surface area contributed by atoms with Crippen LogP contribution in [0.15, 0.2) is 0 Å². The van der Waals surface area contributed by atoms with Crippen LogP contribution in [0, 0.1) is 17.8 Å². The quantitative estimate of drug-likeness (QED) is 0.537. The third-order valence-electron chi connectivity index (χ3n) is 2.88. The first-order valence-corrected chi connectivity index (χ1v) is 5.68. The number of hydrogen-bond donors (Lipinski definition) is 2. The number of carbonyl (C=O) groups is 1. The second-order valence-electron chi connectivity index (χ2n) is 4.02. The summed E-state index contributed by atoms with van der Waals surface area (Å²) in [6.07, 6.45) is 4.93. The topological polar surface area (TPSA) is 55.1 Å². The molecule has 0 aliphatic heterocycles. The van der Waals surface area contributed by atoms with Crippen molar-refractivity contribution < 1.29 is 4.79 Å². The fraction of sp³-hybridized carbons (Fsp3) is 0.750. The largest absolute Gasteiger partial charge is 0.355 e. The molecule has 0 heterocycles. The number of nitrogens with one attached hydrogen (secondary N) is 1. The summed E-state index contributed by atoms with van der Waals surface area (Å²) in [5, 5.41) is 2.90. The third kappa shape index (κ3) is 3.93. The summed E-state index contributed by atoms with van der Waals surface area (Å²) in [5.41, 5.74) is 5.92. The SMILES string of the molecule is CC#CCCNC(=O)C1CCCCC1N. The maximum Gasteiger partial charge on any atom is 0.224 e. The zero-order valence-electron chi connectivity index (χ0n) is 9.38. The molecule has 1 rings (SSSR count). The van der Waals surface area contributed by atoms with Crippen LogP contribution in [0.5, 0.6) is 0 Å². The van der Waals surface area contributed by atoms with Crippen LogP contribution in [0.3, 0.4) is 0 Å². The van der Waals surface area contributed by atoms with E-state index in [1.54, 1.807) is 6.92 Å². The van der Waals surface area contributed by atoms with E-state index in [2.05, 4.69) is 17.2 Å². The number of hydrogen-bond acceptors (Lipinski definition) is 2. The highest BCUT2D eigenvalue weighted by Crippen LogP contribution is 2.22.